The third-order valence-electron chi connectivity index (χ3n) is 4.82. The van der Waals surface area contributed by atoms with Gasteiger partial charge in [-0.15, -0.1) is 0 Å². The number of benzene rings is 1. The summed E-state index contributed by atoms with van der Waals surface area (Å²) in [5.41, 5.74) is 1.35. The van der Waals surface area contributed by atoms with Gasteiger partial charge in [0.15, 0.2) is 11.5 Å². The molecule has 2 heterocycles. The number of aliphatic hydroxyl groups excluding tert-OH is 3. The molecule has 0 spiro atoms. The first-order valence-corrected chi connectivity index (χ1v) is 9.63. The molecule has 0 radical (unpaired) electrons. The first kappa shape index (κ1) is 20.6. The van der Waals surface area contributed by atoms with Gasteiger partial charge in [0.1, 0.15) is 5.82 Å². The number of halogens is 1. The van der Waals surface area contributed by atoms with E-state index in [1.165, 1.54) is 4.90 Å². The molecule has 0 aliphatic carbocycles. The summed E-state index contributed by atoms with van der Waals surface area (Å²) in [6.07, 6.45) is 0.251. The van der Waals surface area contributed by atoms with Gasteiger partial charge < -0.3 is 24.8 Å². The second-order valence-corrected chi connectivity index (χ2v) is 7.21. The monoisotopic (exact) mass is 408 g/mol. The van der Waals surface area contributed by atoms with Gasteiger partial charge in [0.05, 0.1) is 0 Å². The highest BCUT2D eigenvalue weighted by Crippen LogP contribution is 2.31. The van der Waals surface area contributed by atoms with Crippen LogP contribution < -0.4 is 4.90 Å². The Morgan fingerprint density at radius 3 is 2.46 bits per heavy atom. The molecule has 9 heteroatoms. The molecular formula is C19H25ClN4O4. The number of hydrogen-bond acceptors (Lipinski definition) is 6. The molecule has 0 saturated carbocycles. The van der Waals surface area contributed by atoms with Crippen molar-refractivity contribution >= 4 is 23.3 Å². The van der Waals surface area contributed by atoms with Gasteiger partial charge in [-0.25, -0.2) is 4.98 Å². The number of anilines is 1. The minimum Gasteiger partial charge on any atom is -0.396 e. The number of carbonyl (C=O) groups is 1. The lowest BCUT2D eigenvalue weighted by Gasteiger charge is -2.38. The lowest BCUT2D eigenvalue weighted by Crippen LogP contribution is -2.54. The molecule has 0 saturated heterocycles. The second-order valence-electron chi connectivity index (χ2n) is 6.77. The number of amides is 1. The molecule has 3 N–H and O–H groups in total. The van der Waals surface area contributed by atoms with Gasteiger partial charge in [0, 0.05) is 44.8 Å². The molecule has 1 aromatic carbocycles. The SMILES string of the molecule is CN1c2nc(CCCO)n(Cc3ccc(Cl)cc3)c2C(=O)N(CCCO)C1O. The average molecular weight is 409 g/mol. The van der Waals surface area contributed by atoms with E-state index in [2.05, 4.69) is 4.98 Å². The summed E-state index contributed by atoms with van der Waals surface area (Å²) < 4.78 is 1.84. The minimum absolute atomic E-state index is 0.0213. The first-order valence-electron chi connectivity index (χ1n) is 9.25. The van der Waals surface area contributed by atoms with Crippen molar-refractivity contribution in [2.45, 2.75) is 32.2 Å². The van der Waals surface area contributed by atoms with E-state index in [9.17, 15) is 15.0 Å². The van der Waals surface area contributed by atoms with Crippen LogP contribution in [0.2, 0.25) is 5.02 Å². The summed E-state index contributed by atoms with van der Waals surface area (Å²) in [5.74, 6) is 0.760. The van der Waals surface area contributed by atoms with Crippen LogP contribution in [-0.2, 0) is 13.0 Å². The van der Waals surface area contributed by atoms with Gasteiger partial charge in [-0.1, -0.05) is 23.7 Å². The van der Waals surface area contributed by atoms with Crippen molar-refractivity contribution in [3.8, 4) is 0 Å². The Kier molecular flexibility index (Phi) is 6.56. The molecule has 1 atom stereocenters. The summed E-state index contributed by atoms with van der Waals surface area (Å²) in [4.78, 5) is 20.6. The van der Waals surface area contributed by atoms with Crippen molar-refractivity contribution in [1.29, 1.82) is 0 Å². The van der Waals surface area contributed by atoms with Crippen molar-refractivity contribution in [2.75, 3.05) is 31.7 Å². The number of fused-ring (bicyclic) bond motifs is 1. The van der Waals surface area contributed by atoms with E-state index < -0.39 is 6.35 Å². The van der Waals surface area contributed by atoms with Gasteiger partial charge in [-0.05, 0) is 30.5 Å². The largest absolute Gasteiger partial charge is 0.396 e. The number of nitrogens with zero attached hydrogens (tertiary/aromatic N) is 4. The highest BCUT2D eigenvalue weighted by Gasteiger charge is 2.39. The molecule has 1 amide bonds. The van der Waals surface area contributed by atoms with E-state index in [4.69, 9.17) is 16.7 Å². The van der Waals surface area contributed by atoms with E-state index in [-0.39, 0.29) is 25.7 Å². The maximum absolute atomic E-state index is 13.2. The third-order valence-corrected chi connectivity index (χ3v) is 5.07. The molecule has 1 unspecified atom stereocenters. The van der Waals surface area contributed by atoms with Crippen LogP contribution in [0, 0.1) is 0 Å². The van der Waals surface area contributed by atoms with Crippen LogP contribution in [-0.4, -0.2) is 68.8 Å². The topological polar surface area (TPSA) is 102 Å². The zero-order valence-corrected chi connectivity index (χ0v) is 16.5. The van der Waals surface area contributed by atoms with Gasteiger partial charge in [-0.2, -0.15) is 0 Å². The quantitative estimate of drug-likeness (QED) is 0.603. The second kappa shape index (κ2) is 8.91. The third kappa shape index (κ3) is 4.00. The zero-order valence-electron chi connectivity index (χ0n) is 15.8. The molecule has 0 fully saturated rings. The Labute approximate surface area is 168 Å². The van der Waals surface area contributed by atoms with Crippen LogP contribution in [0.4, 0.5) is 5.82 Å². The van der Waals surface area contributed by atoms with E-state index in [1.807, 2.05) is 16.7 Å². The smallest absolute Gasteiger partial charge is 0.277 e. The van der Waals surface area contributed by atoms with E-state index >= 15 is 0 Å². The van der Waals surface area contributed by atoms with Crippen molar-refractivity contribution in [3.05, 3.63) is 46.4 Å². The fourth-order valence-corrected chi connectivity index (χ4v) is 3.46. The fourth-order valence-electron chi connectivity index (χ4n) is 3.33. The van der Waals surface area contributed by atoms with Crippen molar-refractivity contribution in [2.24, 2.45) is 0 Å². The molecule has 3 rings (SSSR count). The van der Waals surface area contributed by atoms with Crippen molar-refractivity contribution in [3.63, 3.8) is 0 Å². The normalized spacial score (nSPS) is 16.6. The summed E-state index contributed by atoms with van der Waals surface area (Å²) in [7, 11) is 1.68. The van der Waals surface area contributed by atoms with Gasteiger partial charge in [0.2, 0.25) is 6.35 Å². The number of aliphatic hydroxyl groups is 3. The number of aryl methyl sites for hydroxylation is 1. The Bertz CT molecular complexity index is 824. The standard InChI is InChI=1S/C19H25ClN4O4/c1-22-17-16(18(27)23(19(22)28)9-3-11-26)24(15(21-17)4-2-10-25)12-13-5-7-14(20)8-6-13/h5-8,19,25-26,28H,2-4,9-12H2,1H3. The lowest BCUT2D eigenvalue weighted by atomic mass is 10.2. The highest BCUT2D eigenvalue weighted by molar-refractivity contribution is 6.30. The number of carbonyl (C=O) groups excluding carboxylic acids is 1. The van der Waals surface area contributed by atoms with Crippen molar-refractivity contribution < 1.29 is 20.1 Å². The molecular weight excluding hydrogens is 384 g/mol. The molecule has 28 heavy (non-hydrogen) atoms. The summed E-state index contributed by atoms with van der Waals surface area (Å²) >= 11 is 5.97. The van der Waals surface area contributed by atoms with Gasteiger partial charge in [-0.3, -0.25) is 9.69 Å². The predicted octanol–water partition coefficient (Wildman–Crippen LogP) is 1.06. The van der Waals surface area contributed by atoms with Crippen LogP contribution in [0.1, 0.15) is 34.7 Å². The number of imidazole rings is 1. The van der Waals surface area contributed by atoms with Crippen LogP contribution in [0.5, 0.6) is 0 Å². The Morgan fingerprint density at radius 2 is 1.82 bits per heavy atom. The molecule has 1 aliphatic rings. The number of rotatable bonds is 8. The number of aromatic nitrogens is 2. The maximum atomic E-state index is 13.2. The van der Waals surface area contributed by atoms with Gasteiger partial charge >= 0.3 is 0 Å². The van der Waals surface area contributed by atoms with E-state index in [1.54, 1.807) is 24.1 Å². The van der Waals surface area contributed by atoms with Crippen LogP contribution in [0.15, 0.2) is 24.3 Å². The molecule has 1 aliphatic heterocycles. The predicted molar refractivity (Wildman–Crippen MR) is 105 cm³/mol. The maximum Gasteiger partial charge on any atom is 0.277 e. The minimum atomic E-state index is -1.14. The molecule has 2 aromatic rings. The summed E-state index contributed by atoms with van der Waals surface area (Å²) in [5, 5.41) is 29.5. The Hall–Kier alpha value is -2.13. The fraction of sp³-hybridized carbons (Fsp3) is 0.474. The molecule has 0 bridgehead atoms. The molecule has 8 nitrogen and oxygen atoms in total. The summed E-state index contributed by atoms with van der Waals surface area (Å²) in [6, 6.07) is 7.36. The van der Waals surface area contributed by atoms with Crippen LogP contribution in [0.3, 0.4) is 0 Å². The lowest BCUT2D eigenvalue weighted by molar-refractivity contribution is 0.00113. The van der Waals surface area contributed by atoms with E-state index in [0.717, 1.165) is 5.56 Å². The first-order chi connectivity index (χ1) is 13.5. The average Bonchev–Trinajstić information content (AvgIpc) is 3.05. The van der Waals surface area contributed by atoms with Crippen LogP contribution >= 0.6 is 11.6 Å². The highest BCUT2D eigenvalue weighted by atomic mass is 35.5. The van der Waals surface area contributed by atoms with Gasteiger partial charge in [0.25, 0.3) is 5.91 Å². The van der Waals surface area contributed by atoms with Crippen molar-refractivity contribution in [1.82, 2.24) is 14.5 Å². The summed E-state index contributed by atoms with van der Waals surface area (Å²) in [6.45, 7) is 0.606. The van der Waals surface area contributed by atoms with Crippen LogP contribution in [0.25, 0.3) is 0 Å². The zero-order chi connectivity index (χ0) is 20.3. The van der Waals surface area contributed by atoms with E-state index in [0.29, 0.717) is 48.2 Å². The number of hydrogen-bond donors (Lipinski definition) is 3. The Morgan fingerprint density at radius 1 is 1.14 bits per heavy atom. The molecule has 152 valence electrons. The Balaban J connectivity index is 2.03. The molecule has 1 aromatic heterocycles.